The van der Waals surface area contributed by atoms with Gasteiger partial charge >= 0.3 is 0 Å². The number of thiophene rings is 1. The normalized spacial score (nSPS) is 28.1. The minimum absolute atomic E-state index is 0.0390. The van der Waals surface area contributed by atoms with Crippen molar-refractivity contribution in [2.45, 2.75) is 51.9 Å². The first kappa shape index (κ1) is 15.5. The lowest BCUT2D eigenvalue weighted by Gasteiger charge is -2.29. The van der Waals surface area contributed by atoms with Crippen LogP contribution in [-0.2, 0) is 9.53 Å². The van der Waals surface area contributed by atoms with E-state index in [4.69, 9.17) is 4.74 Å². The summed E-state index contributed by atoms with van der Waals surface area (Å²) in [5.41, 5.74) is -0.477. The van der Waals surface area contributed by atoms with Crippen LogP contribution in [-0.4, -0.2) is 35.6 Å². The van der Waals surface area contributed by atoms with Crippen molar-refractivity contribution in [2.24, 2.45) is 0 Å². The first-order valence-electron chi connectivity index (χ1n) is 7.25. The molecule has 1 amide bonds. The van der Waals surface area contributed by atoms with Crippen LogP contribution in [0.2, 0.25) is 0 Å². The number of ether oxygens (including phenoxy) is 1. The predicted molar refractivity (Wildman–Crippen MR) is 81.7 cm³/mol. The highest BCUT2D eigenvalue weighted by Gasteiger charge is 2.49. The zero-order valence-corrected chi connectivity index (χ0v) is 13.5. The van der Waals surface area contributed by atoms with Gasteiger partial charge in [-0.3, -0.25) is 10.1 Å². The second-order valence-corrected chi connectivity index (χ2v) is 6.45. The van der Waals surface area contributed by atoms with E-state index in [1.54, 1.807) is 11.3 Å². The second kappa shape index (κ2) is 6.24. The Labute approximate surface area is 125 Å². The fourth-order valence-corrected chi connectivity index (χ4v) is 3.34. The molecule has 2 rings (SSSR count). The number of nitrogens with zero attached hydrogens (tertiary/aromatic N) is 1. The van der Waals surface area contributed by atoms with Crippen molar-refractivity contribution < 1.29 is 9.53 Å². The molecule has 1 saturated heterocycles. The van der Waals surface area contributed by atoms with Crippen molar-refractivity contribution in [3.63, 3.8) is 0 Å². The van der Waals surface area contributed by atoms with E-state index in [0.29, 0.717) is 13.2 Å². The average molecular weight is 296 g/mol. The van der Waals surface area contributed by atoms with E-state index in [9.17, 15) is 4.79 Å². The van der Waals surface area contributed by atoms with E-state index < -0.39 is 5.54 Å². The van der Waals surface area contributed by atoms with Gasteiger partial charge in [0.25, 0.3) is 0 Å². The third kappa shape index (κ3) is 2.75. The van der Waals surface area contributed by atoms with E-state index in [1.165, 1.54) is 4.88 Å². The molecule has 1 N–H and O–H groups in total. The Hall–Kier alpha value is -0.910. The molecule has 0 aromatic carbocycles. The number of nitrogens with one attached hydrogen (secondary N) is 1. The summed E-state index contributed by atoms with van der Waals surface area (Å²) in [7, 11) is 0. The van der Waals surface area contributed by atoms with Crippen molar-refractivity contribution in [3.05, 3.63) is 22.4 Å². The number of carbonyl (C=O) groups is 1. The molecule has 5 heteroatoms. The number of carbonyl (C=O) groups excluding carboxylic acids is 1. The molecule has 112 valence electrons. The van der Waals surface area contributed by atoms with Crippen molar-refractivity contribution in [2.75, 3.05) is 13.2 Å². The van der Waals surface area contributed by atoms with Gasteiger partial charge in [0.15, 0.2) is 0 Å². The van der Waals surface area contributed by atoms with Gasteiger partial charge in [-0.15, -0.1) is 11.3 Å². The Bertz CT molecular complexity index is 449. The molecule has 0 spiro atoms. The number of rotatable bonds is 6. The summed E-state index contributed by atoms with van der Waals surface area (Å²) in [6.07, 6.45) is 0.744. The quantitative estimate of drug-likeness (QED) is 0.877. The summed E-state index contributed by atoms with van der Waals surface area (Å²) in [6.45, 7) is 9.32. The second-order valence-electron chi connectivity index (χ2n) is 5.47. The molecule has 0 radical (unpaired) electrons. The van der Waals surface area contributed by atoms with Crippen molar-refractivity contribution in [1.82, 2.24) is 10.2 Å². The highest BCUT2D eigenvalue weighted by molar-refractivity contribution is 7.10. The Morgan fingerprint density at radius 1 is 1.55 bits per heavy atom. The summed E-state index contributed by atoms with van der Waals surface area (Å²) >= 11 is 1.68. The Balaban J connectivity index is 2.26. The van der Waals surface area contributed by atoms with E-state index in [-0.39, 0.29) is 18.1 Å². The highest BCUT2D eigenvalue weighted by Crippen LogP contribution is 2.35. The maximum atomic E-state index is 12.8. The summed E-state index contributed by atoms with van der Waals surface area (Å²) in [5, 5.41) is 5.56. The van der Waals surface area contributed by atoms with Crippen LogP contribution in [0.5, 0.6) is 0 Å². The van der Waals surface area contributed by atoms with E-state index in [0.717, 1.165) is 6.42 Å². The number of hydrogen-bond donors (Lipinski definition) is 1. The van der Waals surface area contributed by atoms with Crippen LogP contribution in [0.15, 0.2) is 17.5 Å². The monoisotopic (exact) mass is 296 g/mol. The van der Waals surface area contributed by atoms with E-state index in [1.807, 2.05) is 31.7 Å². The van der Waals surface area contributed by atoms with Crippen LogP contribution < -0.4 is 5.32 Å². The lowest BCUT2D eigenvalue weighted by molar-refractivity contribution is -0.136. The molecule has 20 heavy (non-hydrogen) atoms. The molecule has 1 aromatic rings. The number of hydrogen-bond acceptors (Lipinski definition) is 4. The van der Waals surface area contributed by atoms with Crippen molar-refractivity contribution in [1.29, 1.82) is 0 Å². The van der Waals surface area contributed by atoms with Crippen molar-refractivity contribution in [3.8, 4) is 0 Å². The molecule has 0 bridgehead atoms. The van der Waals surface area contributed by atoms with Crippen molar-refractivity contribution >= 4 is 17.2 Å². The molecule has 3 atom stereocenters. The number of amides is 1. The van der Waals surface area contributed by atoms with Gasteiger partial charge in [-0.1, -0.05) is 13.0 Å². The van der Waals surface area contributed by atoms with Crippen LogP contribution in [0.4, 0.5) is 0 Å². The molecule has 1 fully saturated rings. The SMILES string of the molecule is CCOCC(C)N1C(=O)C(C)(CC)NC1c1cccs1. The molecule has 0 saturated carbocycles. The van der Waals surface area contributed by atoms with Crippen LogP contribution in [0.3, 0.4) is 0 Å². The zero-order valence-electron chi connectivity index (χ0n) is 12.7. The van der Waals surface area contributed by atoms with Gasteiger partial charge in [0.05, 0.1) is 18.2 Å². The van der Waals surface area contributed by atoms with Crippen LogP contribution in [0.1, 0.15) is 45.2 Å². The molecule has 1 aliphatic heterocycles. The van der Waals surface area contributed by atoms with Gasteiger partial charge in [-0.05, 0) is 38.6 Å². The Morgan fingerprint density at radius 2 is 2.30 bits per heavy atom. The summed E-state index contributed by atoms with van der Waals surface area (Å²) in [5.74, 6) is 0.172. The molecular weight excluding hydrogens is 272 g/mol. The largest absolute Gasteiger partial charge is 0.380 e. The Morgan fingerprint density at radius 3 is 2.85 bits per heavy atom. The zero-order chi connectivity index (χ0) is 14.8. The third-order valence-corrected chi connectivity index (χ3v) is 4.92. The Kier molecular flexibility index (Phi) is 4.83. The van der Waals surface area contributed by atoms with Gasteiger partial charge in [0, 0.05) is 11.5 Å². The van der Waals surface area contributed by atoms with Gasteiger partial charge in [0.1, 0.15) is 6.17 Å². The van der Waals surface area contributed by atoms with E-state index in [2.05, 4.69) is 23.7 Å². The van der Waals surface area contributed by atoms with Gasteiger partial charge in [-0.2, -0.15) is 0 Å². The third-order valence-electron chi connectivity index (χ3n) is 4.00. The van der Waals surface area contributed by atoms with Gasteiger partial charge in [0.2, 0.25) is 5.91 Å². The highest BCUT2D eigenvalue weighted by atomic mass is 32.1. The molecule has 3 unspecified atom stereocenters. The predicted octanol–water partition coefficient (Wildman–Crippen LogP) is 2.77. The smallest absolute Gasteiger partial charge is 0.244 e. The topological polar surface area (TPSA) is 41.6 Å². The lowest BCUT2D eigenvalue weighted by Crippen LogP contribution is -2.45. The maximum Gasteiger partial charge on any atom is 0.244 e. The van der Waals surface area contributed by atoms with Gasteiger partial charge in [-0.25, -0.2) is 0 Å². The molecule has 0 aliphatic carbocycles. The summed E-state index contributed by atoms with van der Waals surface area (Å²) < 4.78 is 5.51. The van der Waals surface area contributed by atoms with Crippen LogP contribution in [0, 0.1) is 0 Å². The summed E-state index contributed by atoms with van der Waals surface area (Å²) in [4.78, 5) is 15.9. The molecule has 1 aliphatic rings. The fourth-order valence-electron chi connectivity index (χ4n) is 2.57. The minimum Gasteiger partial charge on any atom is -0.380 e. The maximum absolute atomic E-state index is 12.8. The molecular formula is C15H24N2O2S. The first-order chi connectivity index (χ1) is 9.53. The van der Waals surface area contributed by atoms with Crippen LogP contribution in [0.25, 0.3) is 0 Å². The van der Waals surface area contributed by atoms with Gasteiger partial charge < -0.3 is 9.64 Å². The minimum atomic E-state index is -0.477. The molecule has 4 nitrogen and oxygen atoms in total. The van der Waals surface area contributed by atoms with Crippen LogP contribution >= 0.6 is 11.3 Å². The average Bonchev–Trinajstić information content (AvgIpc) is 3.05. The first-order valence-corrected chi connectivity index (χ1v) is 8.13. The molecule has 2 heterocycles. The standard InChI is InChI=1S/C15H24N2O2S/c1-5-15(4)14(18)17(11(3)10-19-6-2)13(16-15)12-8-7-9-20-12/h7-9,11,13,16H,5-6,10H2,1-4H3. The fraction of sp³-hybridized carbons (Fsp3) is 0.667. The van der Waals surface area contributed by atoms with E-state index >= 15 is 0 Å². The molecule has 1 aromatic heterocycles. The lowest BCUT2D eigenvalue weighted by atomic mass is 9.99. The summed E-state index contributed by atoms with van der Waals surface area (Å²) in [6, 6.07) is 4.17.